The second-order valence-corrected chi connectivity index (χ2v) is 8.19. The molecule has 0 N–H and O–H groups in total. The third kappa shape index (κ3) is 3.90. The predicted molar refractivity (Wildman–Crippen MR) is 101 cm³/mol. The highest BCUT2D eigenvalue weighted by molar-refractivity contribution is 7.99. The van der Waals surface area contributed by atoms with E-state index in [2.05, 4.69) is 17.5 Å². The largest absolute Gasteiger partial charge is 0.378 e. The zero-order valence-electron chi connectivity index (χ0n) is 13.6. The predicted octanol–water partition coefficient (Wildman–Crippen LogP) is 4.13. The molecule has 1 saturated heterocycles. The van der Waals surface area contributed by atoms with E-state index in [1.165, 1.54) is 4.88 Å². The van der Waals surface area contributed by atoms with Crippen molar-refractivity contribution in [2.24, 2.45) is 0 Å². The fourth-order valence-corrected chi connectivity index (χ4v) is 5.00. The Kier molecular flexibility index (Phi) is 5.28. The number of anilines is 1. The molecule has 0 bridgehead atoms. The van der Waals surface area contributed by atoms with Gasteiger partial charge in [-0.25, -0.2) is 0 Å². The Balaban J connectivity index is 1.66. The molecule has 122 valence electrons. The van der Waals surface area contributed by atoms with E-state index in [1.807, 2.05) is 71.3 Å². The lowest BCUT2D eigenvalue weighted by atomic mass is 10.1. The Labute approximate surface area is 146 Å². The number of thiophene rings is 1. The molecule has 23 heavy (non-hydrogen) atoms. The van der Waals surface area contributed by atoms with Gasteiger partial charge in [0.2, 0.25) is 0 Å². The molecule has 3 rings (SSSR count). The highest BCUT2D eigenvalue weighted by Gasteiger charge is 2.23. The standard InChI is InChI=1S/C18H22N2OS2/c1-19(2)15-7-5-14(6-8-15)18(21)20-10-9-17(23-13-11-20)16-4-3-12-22-16/h3-8,12,17H,9-11,13H2,1-2H3. The van der Waals surface area contributed by atoms with Gasteiger partial charge in [-0.3, -0.25) is 4.79 Å². The van der Waals surface area contributed by atoms with Crippen LogP contribution in [0.4, 0.5) is 5.69 Å². The molecule has 1 amide bonds. The van der Waals surface area contributed by atoms with Crippen molar-refractivity contribution >= 4 is 34.7 Å². The minimum atomic E-state index is 0.155. The highest BCUT2D eigenvalue weighted by Crippen LogP contribution is 2.36. The third-order valence-corrected chi connectivity index (χ3v) is 6.57. The van der Waals surface area contributed by atoms with Crippen LogP contribution in [0.1, 0.15) is 26.9 Å². The van der Waals surface area contributed by atoms with Gasteiger partial charge in [0.1, 0.15) is 0 Å². The van der Waals surface area contributed by atoms with Crippen LogP contribution in [0, 0.1) is 0 Å². The molecule has 3 nitrogen and oxygen atoms in total. The fourth-order valence-electron chi connectivity index (χ4n) is 2.76. The Bertz CT molecular complexity index is 638. The maximum absolute atomic E-state index is 12.7. The number of amides is 1. The number of hydrogen-bond acceptors (Lipinski definition) is 4. The third-order valence-electron chi connectivity index (χ3n) is 4.12. The average molecular weight is 347 g/mol. The maximum Gasteiger partial charge on any atom is 0.253 e. The van der Waals surface area contributed by atoms with E-state index in [4.69, 9.17) is 0 Å². The van der Waals surface area contributed by atoms with Gasteiger partial charge >= 0.3 is 0 Å². The highest BCUT2D eigenvalue weighted by atomic mass is 32.2. The van der Waals surface area contributed by atoms with Crippen molar-refractivity contribution in [3.8, 4) is 0 Å². The number of hydrogen-bond donors (Lipinski definition) is 0. The summed E-state index contributed by atoms with van der Waals surface area (Å²) in [6.07, 6.45) is 1.03. The quantitative estimate of drug-likeness (QED) is 0.835. The van der Waals surface area contributed by atoms with E-state index in [1.54, 1.807) is 0 Å². The molecule has 2 heterocycles. The van der Waals surface area contributed by atoms with Crippen molar-refractivity contribution in [3.05, 3.63) is 52.2 Å². The van der Waals surface area contributed by atoms with Crippen LogP contribution in [0.5, 0.6) is 0 Å². The molecular weight excluding hydrogens is 324 g/mol. The first-order valence-electron chi connectivity index (χ1n) is 7.87. The first-order valence-corrected chi connectivity index (χ1v) is 9.79. The SMILES string of the molecule is CN(C)c1ccc(C(=O)N2CCSC(c3cccs3)CC2)cc1. The lowest BCUT2D eigenvalue weighted by molar-refractivity contribution is 0.0766. The molecule has 0 radical (unpaired) electrons. The number of carbonyl (C=O) groups excluding carboxylic acids is 1. The monoisotopic (exact) mass is 346 g/mol. The minimum Gasteiger partial charge on any atom is -0.378 e. The summed E-state index contributed by atoms with van der Waals surface area (Å²) in [4.78, 5) is 18.2. The molecule has 2 aromatic rings. The molecule has 1 fully saturated rings. The van der Waals surface area contributed by atoms with Crippen LogP contribution in [0.15, 0.2) is 41.8 Å². The summed E-state index contributed by atoms with van der Waals surface area (Å²) in [6, 6.07) is 12.2. The van der Waals surface area contributed by atoms with E-state index in [0.29, 0.717) is 5.25 Å². The van der Waals surface area contributed by atoms with Crippen molar-refractivity contribution in [3.63, 3.8) is 0 Å². The van der Waals surface area contributed by atoms with E-state index in [0.717, 1.165) is 36.5 Å². The van der Waals surface area contributed by atoms with Gasteiger partial charge in [-0.2, -0.15) is 11.8 Å². The van der Waals surface area contributed by atoms with Gasteiger partial charge in [0.15, 0.2) is 0 Å². The van der Waals surface area contributed by atoms with Crippen LogP contribution in [-0.2, 0) is 0 Å². The first kappa shape index (κ1) is 16.4. The number of thioether (sulfide) groups is 1. The normalized spacial score (nSPS) is 18.5. The summed E-state index contributed by atoms with van der Waals surface area (Å²) in [6.45, 7) is 1.67. The molecule has 1 unspecified atom stereocenters. The van der Waals surface area contributed by atoms with Gasteiger partial charge in [-0.1, -0.05) is 6.07 Å². The maximum atomic E-state index is 12.7. The zero-order chi connectivity index (χ0) is 16.2. The summed E-state index contributed by atoms with van der Waals surface area (Å²) >= 11 is 3.79. The smallest absolute Gasteiger partial charge is 0.253 e. The number of benzene rings is 1. The fraction of sp³-hybridized carbons (Fsp3) is 0.389. The van der Waals surface area contributed by atoms with Crippen molar-refractivity contribution in [2.45, 2.75) is 11.7 Å². The van der Waals surface area contributed by atoms with Crippen molar-refractivity contribution in [2.75, 3.05) is 37.8 Å². The zero-order valence-corrected chi connectivity index (χ0v) is 15.2. The Hall–Kier alpha value is -1.46. The Morgan fingerprint density at radius 2 is 1.96 bits per heavy atom. The summed E-state index contributed by atoms with van der Waals surface area (Å²) < 4.78 is 0. The van der Waals surface area contributed by atoms with Gasteiger partial charge in [0, 0.05) is 54.3 Å². The summed E-state index contributed by atoms with van der Waals surface area (Å²) in [5.74, 6) is 1.16. The molecule has 0 saturated carbocycles. The molecular formula is C18H22N2OS2. The molecule has 1 aromatic carbocycles. The summed E-state index contributed by atoms with van der Waals surface area (Å²) in [5.41, 5.74) is 1.90. The van der Waals surface area contributed by atoms with Gasteiger partial charge < -0.3 is 9.80 Å². The second-order valence-electron chi connectivity index (χ2n) is 5.90. The molecule has 1 aromatic heterocycles. The van der Waals surface area contributed by atoms with Crippen LogP contribution in [0.3, 0.4) is 0 Å². The number of nitrogens with zero attached hydrogens (tertiary/aromatic N) is 2. The molecule has 1 atom stereocenters. The molecule has 0 spiro atoms. The van der Waals surface area contributed by atoms with Crippen LogP contribution < -0.4 is 4.90 Å². The summed E-state index contributed by atoms with van der Waals surface area (Å²) in [5, 5.41) is 2.67. The van der Waals surface area contributed by atoms with E-state index in [9.17, 15) is 4.79 Å². The number of carbonyl (C=O) groups is 1. The second kappa shape index (κ2) is 7.41. The first-order chi connectivity index (χ1) is 11.1. The topological polar surface area (TPSA) is 23.6 Å². The molecule has 5 heteroatoms. The van der Waals surface area contributed by atoms with Gasteiger partial charge in [-0.15, -0.1) is 11.3 Å². The van der Waals surface area contributed by atoms with E-state index in [-0.39, 0.29) is 5.91 Å². The van der Waals surface area contributed by atoms with Crippen molar-refractivity contribution in [1.29, 1.82) is 0 Å². The van der Waals surface area contributed by atoms with Crippen molar-refractivity contribution < 1.29 is 4.79 Å². The lowest BCUT2D eigenvalue weighted by Crippen LogP contribution is -2.32. The number of rotatable bonds is 3. The van der Waals surface area contributed by atoms with E-state index >= 15 is 0 Å². The summed E-state index contributed by atoms with van der Waals surface area (Å²) in [7, 11) is 4.02. The van der Waals surface area contributed by atoms with Crippen LogP contribution in [-0.4, -0.2) is 43.7 Å². The van der Waals surface area contributed by atoms with Crippen LogP contribution in [0.2, 0.25) is 0 Å². The van der Waals surface area contributed by atoms with Crippen LogP contribution in [0.25, 0.3) is 0 Å². The molecule has 0 aliphatic carbocycles. The Morgan fingerprint density at radius 1 is 1.17 bits per heavy atom. The molecule has 1 aliphatic heterocycles. The minimum absolute atomic E-state index is 0.155. The van der Waals surface area contributed by atoms with Gasteiger partial charge in [0.05, 0.1) is 0 Å². The van der Waals surface area contributed by atoms with Crippen LogP contribution >= 0.6 is 23.1 Å². The Morgan fingerprint density at radius 3 is 2.61 bits per heavy atom. The van der Waals surface area contributed by atoms with Crippen molar-refractivity contribution in [1.82, 2.24) is 4.90 Å². The average Bonchev–Trinajstić information content (AvgIpc) is 2.99. The van der Waals surface area contributed by atoms with Gasteiger partial charge in [-0.05, 0) is 42.1 Å². The lowest BCUT2D eigenvalue weighted by Gasteiger charge is -2.21. The van der Waals surface area contributed by atoms with Gasteiger partial charge in [0.25, 0.3) is 5.91 Å². The molecule has 1 aliphatic rings. The van der Waals surface area contributed by atoms with E-state index < -0.39 is 0 Å².